The molecule has 0 amide bonds. The van der Waals surface area contributed by atoms with E-state index in [0.717, 1.165) is 25.8 Å². The predicted octanol–water partition coefficient (Wildman–Crippen LogP) is 4.34. The molecule has 2 nitrogen and oxygen atoms in total. The highest BCUT2D eigenvalue weighted by molar-refractivity contribution is 5.50. The molecule has 0 saturated carbocycles. The molecular weight excluding hydrogens is 270 g/mol. The molecule has 0 heterocycles. The van der Waals surface area contributed by atoms with Crippen LogP contribution in [0, 0.1) is 17.6 Å². The first-order valence-corrected chi connectivity index (χ1v) is 7.85. The van der Waals surface area contributed by atoms with E-state index in [4.69, 9.17) is 0 Å². The van der Waals surface area contributed by atoms with Gasteiger partial charge in [0.2, 0.25) is 0 Å². The predicted molar refractivity (Wildman–Crippen MR) is 85.7 cm³/mol. The van der Waals surface area contributed by atoms with Gasteiger partial charge in [-0.3, -0.25) is 0 Å². The number of rotatable bonds is 9. The van der Waals surface area contributed by atoms with Gasteiger partial charge in [0.25, 0.3) is 0 Å². The van der Waals surface area contributed by atoms with Gasteiger partial charge in [-0.1, -0.05) is 33.6 Å². The van der Waals surface area contributed by atoms with Crippen LogP contribution in [0.1, 0.15) is 45.6 Å². The molecule has 1 aromatic rings. The quantitative estimate of drug-likeness (QED) is 0.682. The molecule has 21 heavy (non-hydrogen) atoms. The van der Waals surface area contributed by atoms with E-state index >= 15 is 0 Å². The van der Waals surface area contributed by atoms with Gasteiger partial charge in [0.05, 0.1) is 0 Å². The number of benzene rings is 1. The lowest BCUT2D eigenvalue weighted by atomic mass is 10.1. The van der Waals surface area contributed by atoms with Crippen LogP contribution in [0.25, 0.3) is 0 Å². The third-order valence-corrected chi connectivity index (χ3v) is 3.44. The van der Waals surface area contributed by atoms with Crippen LogP contribution in [-0.4, -0.2) is 20.1 Å². The minimum Gasteiger partial charge on any atom is -0.370 e. The topological polar surface area (TPSA) is 15.3 Å². The van der Waals surface area contributed by atoms with E-state index in [1.807, 2.05) is 0 Å². The van der Waals surface area contributed by atoms with Gasteiger partial charge in [0, 0.05) is 20.1 Å². The SMILES string of the molecule is CCCCCN(C)c1c(F)cc(CNCC(C)C)cc1F. The molecule has 0 unspecified atom stereocenters. The van der Waals surface area contributed by atoms with E-state index in [1.165, 1.54) is 12.1 Å². The van der Waals surface area contributed by atoms with Crippen molar-refractivity contribution in [1.29, 1.82) is 0 Å². The van der Waals surface area contributed by atoms with Crippen molar-refractivity contribution in [3.05, 3.63) is 29.3 Å². The molecule has 0 radical (unpaired) electrons. The largest absolute Gasteiger partial charge is 0.370 e. The molecule has 1 N–H and O–H groups in total. The third-order valence-electron chi connectivity index (χ3n) is 3.44. The van der Waals surface area contributed by atoms with Crippen LogP contribution in [-0.2, 0) is 6.54 Å². The zero-order valence-corrected chi connectivity index (χ0v) is 13.7. The van der Waals surface area contributed by atoms with Crippen molar-refractivity contribution < 1.29 is 8.78 Å². The lowest BCUT2D eigenvalue weighted by Crippen LogP contribution is -2.22. The van der Waals surface area contributed by atoms with Crippen molar-refractivity contribution >= 4 is 5.69 Å². The van der Waals surface area contributed by atoms with Crippen molar-refractivity contribution in [3.8, 4) is 0 Å². The van der Waals surface area contributed by atoms with Crippen LogP contribution < -0.4 is 10.2 Å². The fraction of sp³-hybridized carbons (Fsp3) is 0.647. The number of anilines is 1. The van der Waals surface area contributed by atoms with E-state index in [-0.39, 0.29) is 5.69 Å². The first-order chi connectivity index (χ1) is 9.95. The molecule has 1 aromatic carbocycles. The van der Waals surface area contributed by atoms with Gasteiger partial charge in [-0.25, -0.2) is 8.78 Å². The van der Waals surface area contributed by atoms with Gasteiger partial charge < -0.3 is 10.2 Å². The number of hydrogen-bond donors (Lipinski definition) is 1. The maximum absolute atomic E-state index is 14.1. The molecule has 0 saturated heterocycles. The molecule has 0 atom stereocenters. The molecule has 0 aliphatic rings. The standard InChI is InChI=1S/C17H28F2N2/c1-5-6-7-8-21(4)17-15(18)9-14(10-16(17)19)12-20-11-13(2)3/h9-10,13,20H,5-8,11-12H2,1-4H3. The van der Waals surface area contributed by atoms with E-state index in [9.17, 15) is 8.78 Å². The fourth-order valence-corrected chi connectivity index (χ4v) is 2.30. The normalized spacial score (nSPS) is 11.2. The molecule has 0 spiro atoms. The van der Waals surface area contributed by atoms with E-state index in [0.29, 0.717) is 24.6 Å². The van der Waals surface area contributed by atoms with E-state index in [1.54, 1.807) is 11.9 Å². The maximum Gasteiger partial charge on any atom is 0.149 e. The Kier molecular flexibility index (Phi) is 7.65. The first kappa shape index (κ1) is 17.9. The Morgan fingerprint density at radius 2 is 1.76 bits per heavy atom. The summed E-state index contributed by atoms with van der Waals surface area (Å²) in [6, 6.07) is 2.87. The van der Waals surface area contributed by atoms with Crippen molar-refractivity contribution in [2.45, 2.75) is 46.6 Å². The molecule has 0 aromatic heterocycles. The highest BCUT2D eigenvalue weighted by Gasteiger charge is 2.15. The Balaban J connectivity index is 2.70. The summed E-state index contributed by atoms with van der Waals surface area (Å²) in [4.78, 5) is 1.67. The maximum atomic E-state index is 14.1. The van der Waals surface area contributed by atoms with Gasteiger partial charge in [0.15, 0.2) is 0 Å². The number of nitrogens with zero attached hydrogens (tertiary/aromatic N) is 1. The summed E-state index contributed by atoms with van der Waals surface area (Å²) in [7, 11) is 1.74. The monoisotopic (exact) mass is 298 g/mol. The molecule has 0 aliphatic carbocycles. The first-order valence-electron chi connectivity index (χ1n) is 7.85. The Morgan fingerprint density at radius 3 is 2.29 bits per heavy atom. The number of hydrogen-bond acceptors (Lipinski definition) is 2. The van der Waals surface area contributed by atoms with Crippen LogP contribution in [0.2, 0.25) is 0 Å². The zero-order chi connectivity index (χ0) is 15.8. The second-order valence-electron chi connectivity index (χ2n) is 6.06. The smallest absolute Gasteiger partial charge is 0.149 e. The molecule has 0 aliphatic heterocycles. The molecule has 0 bridgehead atoms. The van der Waals surface area contributed by atoms with Gasteiger partial charge in [-0.2, -0.15) is 0 Å². The summed E-state index contributed by atoms with van der Waals surface area (Å²) in [5, 5.41) is 3.20. The van der Waals surface area contributed by atoms with Gasteiger partial charge in [-0.05, 0) is 36.6 Å². The summed E-state index contributed by atoms with van der Waals surface area (Å²) in [5.74, 6) is -0.436. The number of halogens is 2. The molecule has 1 rings (SSSR count). The highest BCUT2D eigenvalue weighted by atomic mass is 19.1. The Bertz CT molecular complexity index is 410. The highest BCUT2D eigenvalue weighted by Crippen LogP contribution is 2.24. The van der Waals surface area contributed by atoms with Crippen molar-refractivity contribution in [2.75, 3.05) is 25.0 Å². The summed E-state index contributed by atoms with van der Waals surface area (Å²) in [6.45, 7) is 8.31. The van der Waals surface area contributed by atoms with Crippen LogP contribution in [0.3, 0.4) is 0 Å². The van der Waals surface area contributed by atoms with Crippen LogP contribution >= 0.6 is 0 Å². The summed E-state index contributed by atoms with van der Waals surface area (Å²) in [6.07, 6.45) is 3.12. The molecule has 120 valence electrons. The number of nitrogens with one attached hydrogen (secondary N) is 1. The summed E-state index contributed by atoms with van der Waals surface area (Å²) < 4.78 is 28.3. The number of unbranched alkanes of at least 4 members (excludes halogenated alkanes) is 2. The van der Waals surface area contributed by atoms with Crippen LogP contribution in [0.15, 0.2) is 12.1 Å². The lowest BCUT2D eigenvalue weighted by molar-refractivity contribution is 0.542. The minimum atomic E-state index is -0.477. The lowest BCUT2D eigenvalue weighted by Gasteiger charge is -2.21. The van der Waals surface area contributed by atoms with Gasteiger partial charge in [0.1, 0.15) is 17.3 Å². The molecule has 0 fully saturated rings. The Morgan fingerprint density at radius 1 is 1.14 bits per heavy atom. The van der Waals surface area contributed by atoms with E-state index < -0.39 is 11.6 Å². The van der Waals surface area contributed by atoms with Crippen molar-refractivity contribution in [3.63, 3.8) is 0 Å². The van der Waals surface area contributed by atoms with Crippen molar-refractivity contribution in [2.24, 2.45) is 5.92 Å². The van der Waals surface area contributed by atoms with E-state index in [2.05, 4.69) is 26.1 Å². The fourth-order valence-electron chi connectivity index (χ4n) is 2.30. The average Bonchev–Trinajstić information content (AvgIpc) is 2.37. The van der Waals surface area contributed by atoms with Gasteiger partial charge in [-0.15, -0.1) is 0 Å². The molecular formula is C17H28F2N2. The second kappa shape index (κ2) is 8.98. The van der Waals surface area contributed by atoms with Crippen LogP contribution in [0.4, 0.5) is 14.5 Å². The molecule has 4 heteroatoms. The summed E-state index contributed by atoms with van der Waals surface area (Å²) in [5.41, 5.74) is 0.732. The Hall–Kier alpha value is -1.16. The minimum absolute atomic E-state index is 0.0821. The Labute approximate surface area is 127 Å². The second-order valence-corrected chi connectivity index (χ2v) is 6.06. The van der Waals surface area contributed by atoms with Crippen LogP contribution in [0.5, 0.6) is 0 Å². The van der Waals surface area contributed by atoms with Crippen molar-refractivity contribution in [1.82, 2.24) is 5.32 Å². The summed E-state index contributed by atoms with van der Waals surface area (Å²) >= 11 is 0. The average molecular weight is 298 g/mol. The zero-order valence-electron chi connectivity index (χ0n) is 13.7. The third kappa shape index (κ3) is 6.00. The van der Waals surface area contributed by atoms with Gasteiger partial charge >= 0.3 is 0 Å².